The maximum atomic E-state index is 12.1. The molecular weight excluding hydrogens is 210 g/mol. The van der Waals surface area contributed by atoms with Crippen LogP contribution >= 0.6 is 0 Å². The SMILES string of the molecule is CC(C1CC1)n1ccc2c1CC(C)(C)CC2=O. The Labute approximate surface area is 103 Å². The largest absolute Gasteiger partial charge is 0.348 e. The minimum atomic E-state index is 0.128. The van der Waals surface area contributed by atoms with Crippen LogP contribution in [0.2, 0.25) is 0 Å². The van der Waals surface area contributed by atoms with Crippen molar-refractivity contribution in [3.63, 3.8) is 0 Å². The molecule has 1 heterocycles. The number of hydrogen-bond donors (Lipinski definition) is 0. The summed E-state index contributed by atoms with van der Waals surface area (Å²) in [5, 5.41) is 0. The van der Waals surface area contributed by atoms with E-state index in [1.807, 2.05) is 6.07 Å². The zero-order valence-corrected chi connectivity index (χ0v) is 11.0. The molecule has 0 N–H and O–H groups in total. The molecule has 1 fully saturated rings. The van der Waals surface area contributed by atoms with E-state index in [0.717, 1.165) is 17.9 Å². The summed E-state index contributed by atoms with van der Waals surface area (Å²) in [7, 11) is 0. The van der Waals surface area contributed by atoms with Gasteiger partial charge in [-0.1, -0.05) is 13.8 Å². The van der Waals surface area contributed by atoms with Gasteiger partial charge in [0, 0.05) is 29.9 Å². The Morgan fingerprint density at radius 1 is 1.35 bits per heavy atom. The van der Waals surface area contributed by atoms with E-state index in [2.05, 4.69) is 31.5 Å². The number of nitrogens with zero attached hydrogens (tertiary/aromatic N) is 1. The van der Waals surface area contributed by atoms with Crippen molar-refractivity contribution in [2.45, 2.75) is 52.5 Å². The predicted molar refractivity (Wildman–Crippen MR) is 68.3 cm³/mol. The van der Waals surface area contributed by atoms with Crippen molar-refractivity contribution >= 4 is 5.78 Å². The van der Waals surface area contributed by atoms with Crippen LogP contribution in [0.5, 0.6) is 0 Å². The Kier molecular flexibility index (Phi) is 2.26. The minimum Gasteiger partial charge on any atom is -0.348 e. The van der Waals surface area contributed by atoms with E-state index in [4.69, 9.17) is 0 Å². The Hall–Kier alpha value is -1.05. The maximum absolute atomic E-state index is 12.1. The molecule has 3 rings (SSSR count). The van der Waals surface area contributed by atoms with E-state index < -0.39 is 0 Å². The van der Waals surface area contributed by atoms with Crippen molar-refractivity contribution in [1.82, 2.24) is 4.57 Å². The van der Waals surface area contributed by atoms with Crippen molar-refractivity contribution in [2.75, 3.05) is 0 Å². The van der Waals surface area contributed by atoms with Gasteiger partial charge in [-0.25, -0.2) is 0 Å². The predicted octanol–water partition coefficient (Wildman–Crippen LogP) is 3.61. The first-order valence-electron chi connectivity index (χ1n) is 6.71. The summed E-state index contributed by atoms with van der Waals surface area (Å²) in [6, 6.07) is 2.60. The van der Waals surface area contributed by atoms with Gasteiger partial charge in [-0.2, -0.15) is 0 Å². The standard InChI is InChI=1S/C15H21NO/c1-10(11-4-5-11)16-7-6-12-13(16)8-15(2,3)9-14(12)17/h6-7,10-11H,4-5,8-9H2,1-3H3. The number of aromatic nitrogens is 1. The van der Waals surface area contributed by atoms with E-state index in [0.29, 0.717) is 18.2 Å². The second-order valence-electron chi connectivity index (χ2n) is 6.60. The Morgan fingerprint density at radius 3 is 2.71 bits per heavy atom. The van der Waals surface area contributed by atoms with E-state index in [9.17, 15) is 4.79 Å². The van der Waals surface area contributed by atoms with E-state index >= 15 is 0 Å². The highest BCUT2D eigenvalue weighted by atomic mass is 16.1. The number of Topliss-reactive ketones (excluding diaryl/α,β-unsaturated/α-hetero) is 1. The number of ketones is 1. The van der Waals surface area contributed by atoms with Gasteiger partial charge in [-0.3, -0.25) is 4.79 Å². The lowest BCUT2D eigenvalue weighted by Crippen LogP contribution is -2.28. The molecule has 17 heavy (non-hydrogen) atoms. The molecule has 0 amide bonds. The van der Waals surface area contributed by atoms with Crippen molar-refractivity contribution in [3.8, 4) is 0 Å². The third-order valence-electron chi connectivity index (χ3n) is 4.35. The summed E-state index contributed by atoms with van der Waals surface area (Å²) >= 11 is 0. The molecule has 1 unspecified atom stereocenters. The van der Waals surface area contributed by atoms with Crippen LogP contribution < -0.4 is 0 Å². The number of carbonyl (C=O) groups excluding carboxylic acids is 1. The highest BCUT2D eigenvalue weighted by molar-refractivity contribution is 5.98. The van der Waals surface area contributed by atoms with Gasteiger partial charge in [0.2, 0.25) is 0 Å². The molecule has 1 saturated carbocycles. The molecule has 92 valence electrons. The molecule has 2 nitrogen and oxygen atoms in total. The van der Waals surface area contributed by atoms with Crippen LogP contribution in [-0.4, -0.2) is 10.4 Å². The van der Waals surface area contributed by atoms with Crippen LogP contribution in [0.15, 0.2) is 12.3 Å². The molecule has 0 spiro atoms. The van der Waals surface area contributed by atoms with Gasteiger partial charge in [0.1, 0.15) is 0 Å². The third kappa shape index (κ3) is 1.84. The van der Waals surface area contributed by atoms with Crippen LogP contribution in [0.1, 0.15) is 62.1 Å². The fourth-order valence-electron chi connectivity index (χ4n) is 3.15. The van der Waals surface area contributed by atoms with Crippen LogP contribution in [0.25, 0.3) is 0 Å². The summed E-state index contributed by atoms with van der Waals surface area (Å²) in [5.41, 5.74) is 2.39. The number of rotatable bonds is 2. The van der Waals surface area contributed by atoms with Gasteiger partial charge in [-0.05, 0) is 43.6 Å². The molecular formula is C15H21NO. The van der Waals surface area contributed by atoms with Crippen molar-refractivity contribution in [2.24, 2.45) is 11.3 Å². The Bertz CT molecular complexity index is 465. The second kappa shape index (κ2) is 3.47. The lowest BCUT2D eigenvalue weighted by atomic mass is 9.76. The smallest absolute Gasteiger partial charge is 0.165 e. The fraction of sp³-hybridized carbons (Fsp3) is 0.667. The number of hydrogen-bond acceptors (Lipinski definition) is 1. The van der Waals surface area contributed by atoms with Crippen LogP contribution in [0.3, 0.4) is 0 Å². The number of carbonyl (C=O) groups is 1. The summed E-state index contributed by atoms with van der Waals surface area (Å²) in [6.45, 7) is 6.70. The Balaban J connectivity index is 2.00. The minimum absolute atomic E-state index is 0.128. The normalized spacial score (nSPS) is 24.5. The molecule has 0 aliphatic heterocycles. The summed E-state index contributed by atoms with van der Waals surface area (Å²) < 4.78 is 2.37. The molecule has 2 aliphatic carbocycles. The molecule has 0 aromatic carbocycles. The first-order valence-corrected chi connectivity index (χ1v) is 6.71. The van der Waals surface area contributed by atoms with Gasteiger partial charge in [-0.15, -0.1) is 0 Å². The van der Waals surface area contributed by atoms with E-state index in [1.165, 1.54) is 18.5 Å². The lowest BCUT2D eigenvalue weighted by molar-refractivity contribution is 0.0909. The summed E-state index contributed by atoms with van der Waals surface area (Å²) in [4.78, 5) is 12.1. The molecule has 1 aromatic rings. The van der Waals surface area contributed by atoms with Gasteiger partial charge in [0.25, 0.3) is 0 Å². The number of fused-ring (bicyclic) bond motifs is 1. The van der Waals surface area contributed by atoms with Gasteiger partial charge < -0.3 is 4.57 Å². The first-order chi connectivity index (χ1) is 7.98. The molecule has 2 aliphatic rings. The molecule has 1 aromatic heterocycles. The van der Waals surface area contributed by atoms with Gasteiger partial charge in [0.05, 0.1) is 0 Å². The molecule has 2 heteroatoms. The van der Waals surface area contributed by atoms with Crippen molar-refractivity contribution in [3.05, 3.63) is 23.5 Å². The monoisotopic (exact) mass is 231 g/mol. The van der Waals surface area contributed by atoms with Crippen molar-refractivity contribution < 1.29 is 4.79 Å². The Morgan fingerprint density at radius 2 is 2.06 bits per heavy atom. The maximum Gasteiger partial charge on any atom is 0.165 e. The topological polar surface area (TPSA) is 22.0 Å². The average Bonchev–Trinajstić information content (AvgIpc) is 2.97. The highest BCUT2D eigenvalue weighted by Gasteiger charge is 2.36. The lowest BCUT2D eigenvalue weighted by Gasteiger charge is -2.31. The molecule has 0 radical (unpaired) electrons. The van der Waals surface area contributed by atoms with Gasteiger partial charge >= 0.3 is 0 Å². The first kappa shape index (κ1) is 11.1. The zero-order valence-electron chi connectivity index (χ0n) is 11.0. The van der Waals surface area contributed by atoms with E-state index in [-0.39, 0.29) is 5.41 Å². The van der Waals surface area contributed by atoms with Crippen molar-refractivity contribution in [1.29, 1.82) is 0 Å². The zero-order chi connectivity index (χ0) is 12.2. The molecule has 0 saturated heterocycles. The molecule has 0 bridgehead atoms. The van der Waals surface area contributed by atoms with Crippen LogP contribution in [-0.2, 0) is 6.42 Å². The van der Waals surface area contributed by atoms with Gasteiger partial charge in [0.15, 0.2) is 5.78 Å². The second-order valence-corrected chi connectivity index (χ2v) is 6.60. The summed E-state index contributed by atoms with van der Waals surface area (Å²) in [6.07, 6.45) is 6.57. The van der Waals surface area contributed by atoms with E-state index in [1.54, 1.807) is 0 Å². The quantitative estimate of drug-likeness (QED) is 0.762. The average molecular weight is 231 g/mol. The summed E-state index contributed by atoms with van der Waals surface area (Å²) in [5.74, 6) is 1.17. The highest BCUT2D eigenvalue weighted by Crippen LogP contribution is 2.43. The van der Waals surface area contributed by atoms with Crippen LogP contribution in [0, 0.1) is 11.3 Å². The molecule has 1 atom stereocenters. The fourth-order valence-corrected chi connectivity index (χ4v) is 3.15. The van der Waals surface area contributed by atoms with Crippen LogP contribution in [0.4, 0.5) is 0 Å². The third-order valence-corrected chi connectivity index (χ3v) is 4.35.